The number of benzene rings is 1. The number of aromatic nitrogens is 2. The van der Waals surface area contributed by atoms with Gasteiger partial charge in [-0.25, -0.2) is 8.42 Å². The van der Waals surface area contributed by atoms with E-state index in [9.17, 15) is 13.2 Å². The summed E-state index contributed by atoms with van der Waals surface area (Å²) >= 11 is 0. The van der Waals surface area contributed by atoms with Crippen molar-refractivity contribution >= 4 is 21.4 Å². The Hall–Kier alpha value is -2.22. The molecule has 7 nitrogen and oxygen atoms in total. The standard InChI is InChI=1S/C16H19N3O4S/c1-11(24(21,22)10-15-17-12(2)18-23-15)16(20)19-9-5-7-13-6-3-4-8-14(13)19/h3-4,6,8,11H,5,7,9-10H2,1-2H3/t11-/m1/s1. The molecule has 0 spiro atoms. The van der Waals surface area contributed by atoms with E-state index in [2.05, 4.69) is 10.1 Å². The van der Waals surface area contributed by atoms with E-state index in [4.69, 9.17) is 4.52 Å². The molecule has 0 bridgehead atoms. The summed E-state index contributed by atoms with van der Waals surface area (Å²) in [7, 11) is -3.74. The summed E-state index contributed by atoms with van der Waals surface area (Å²) in [6, 6.07) is 7.60. The molecule has 2 heterocycles. The Kier molecular flexibility index (Phi) is 4.40. The van der Waals surface area contributed by atoms with Crippen LogP contribution in [-0.2, 0) is 26.8 Å². The van der Waals surface area contributed by atoms with Gasteiger partial charge in [0.05, 0.1) is 0 Å². The smallest absolute Gasteiger partial charge is 0.245 e. The van der Waals surface area contributed by atoms with Crippen molar-refractivity contribution in [1.82, 2.24) is 10.1 Å². The second kappa shape index (κ2) is 6.35. The Balaban J connectivity index is 1.82. The molecule has 1 aromatic carbocycles. The van der Waals surface area contributed by atoms with Gasteiger partial charge in [0.1, 0.15) is 11.0 Å². The average molecular weight is 349 g/mol. The number of aryl methyl sites for hydroxylation is 2. The number of fused-ring (bicyclic) bond motifs is 1. The third-order valence-electron chi connectivity index (χ3n) is 4.16. The van der Waals surface area contributed by atoms with Crippen LogP contribution in [0.3, 0.4) is 0 Å². The van der Waals surface area contributed by atoms with Gasteiger partial charge in [-0.1, -0.05) is 23.4 Å². The van der Waals surface area contributed by atoms with Crippen molar-refractivity contribution in [3.8, 4) is 0 Å². The lowest BCUT2D eigenvalue weighted by Gasteiger charge is -2.31. The first-order chi connectivity index (χ1) is 11.4. The van der Waals surface area contributed by atoms with Crippen LogP contribution in [0.2, 0.25) is 0 Å². The van der Waals surface area contributed by atoms with E-state index >= 15 is 0 Å². The van der Waals surface area contributed by atoms with Crippen molar-refractivity contribution in [3.05, 3.63) is 41.5 Å². The number of sulfone groups is 1. The molecule has 1 aliphatic rings. The van der Waals surface area contributed by atoms with Crippen molar-refractivity contribution in [2.75, 3.05) is 11.4 Å². The van der Waals surface area contributed by atoms with Gasteiger partial charge in [0, 0.05) is 12.2 Å². The largest absolute Gasteiger partial charge is 0.338 e. The van der Waals surface area contributed by atoms with Crippen LogP contribution in [0, 0.1) is 6.92 Å². The summed E-state index contributed by atoms with van der Waals surface area (Å²) < 4.78 is 29.9. The molecule has 1 amide bonds. The number of amides is 1. The van der Waals surface area contributed by atoms with E-state index < -0.39 is 26.7 Å². The fourth-order valence-electron chi connectivity index (χ4n) is 2.83. The van der Waals surface area contributed by atoms with E-state index in [0.29, 0.717) is 12.4 Å². The molecule has 24 heavy (non-hydrogen) atoms. The van der Waals surface area contributed by atoms with Crippen molar-refractivity contribution in [3.63, 3.8) is 0 Å². The number of nitrogens with zero attached hydrogens (tertiary/aromatic N) is 3. The number of anilines is 1. The van der Waals surface area contributed by atoms with Gasteiger partial charge in [0.2, 0.25) is 11.8 Å². The van der Waals surface area contributed by atoms with Gasteiger partial charge < -0.3 is 9.42 Å². The zero-order valence-electron chi connectivity index (χ0n) is 13.6. The van der Waals surface area contributed by atoms with Crippen LogP contribution < -0.4 is 4.90 Å². The van der Waals surface area contributed by atoms with Crippen LogP contribution in [0.1, 0.15) is 30.6 Å². The van der Waals surface area contributed by atoms with Crippen LogP contribution in [0.4, 0.5) is 5.69 Å². The maximum atomic E-state index is 12.8. The Morgan fingerprint density at radius 2 is 2.12 bits per heavy atom. The first kappa shape index (κ1) is 16.6. The maximum absolute atomic E-state index is 12.8. The molecule has 1 aromatic heterocycles. The van der Waals surface area contributed by atoms with E-state index in [1.54, 1.807) is 11.8 Å². The zero-order chi connectivity index (χ0) is 17.3. The molecule has 2 aromatic rings. The maximum Gasteiger partial charge on any atom is 0.245 e. The third kappa shape index (κ3) is 3.19. The van der Waals surface area contributed by atoms with Crippen LogP contribution >= 0.6 is 0 Å². The molecule has 0 unspecified atom stereocenters. The molecule has 1 aliphatic heterocycles. The summed E-state index contributed by atoms with van der Waals surface area (Å²) in [6.07, 6.45) is 1.71. The fraction of sp³-hybridized carbons (Fsp3) is 0.438. The highest BCUT2D eigenvalue weighted by atomic mass is 32.2. The Morgan fingerprint density at radius 1 is 1.38 bits per heavy atom. The molecule has 8 heteroatoms. The van der Waals surface area contributed by atoms with Crippen LogP contribution in [0.5, 0.6) is 0 Å². The molecule has 0 radical (unpaired) electrons. The summed E-state index contributed by atoms with van der Waals surface area (Å²) in [5.41, 5.74) is 1.86. The SMILES string of the molecule is Cc1noc(CS(=O)(=O)[C@H](C)C(=O)N2CCCc3ccccc32)n1. The Labute approximate surface area is 140 Å². The van der Waals surface area contributed by atoms with Crippen LogP contribution in [-0.4, -0.2) is 36.3 Å². The molecular formula is C16H19N3O4S. The third-order valence-corrected chi connectivity index (χ3v) is 6.09. The minimum absolute atomic E-state index is 0.00574. The average Bonchev–Trinajstić information content (AvgIpc) is 2.97. The first-order valence-corrected chi connectivity index (χ1v) is 9.50. The summed E-state index contributed by atoms with van der Waals surface area (Å²) in [6.45, 7) is 3.55. The van der Waals surface area contributed by atoms with Crippen molar-refractivity contribution in [1.29, 1.82) is 0 Å². The summed E-state index contributed by atoms with van der Waals surface area (Å²) in [5, 5.41) is 2.41. The second-order valence-electron chi connectivity index (χ2n) is 5.91. The van der Waals surface area contributed by atoms with Gasteiger partial charge in [-0.05, 0) is 38.3 Å². The van der Waals surface area contributed by atoms with Gasteiger partial charge in [-0.3, -0.25) is 4.79 Å². The molecule has 3 rings (SSSR count). The quantitative estimate of drug-likeness (QED) is 0.833. The van der Waals surface area contributed by atoms with Gasteiger partial charge >= 0.3 is 0 Å². The van der Waals surface area contributed by atoms with E-state index in [-0.39, 0.29) is 5.89 Å². The van der Waals surface area contributed by atoms with E-state index in [1.165, 1.54) is 6.92 Å². The van der Waals surface area contributed by atoms with Gasteiger partial charge in [-0.15, -0.1) is 0 Å². The van der Waals surface area contributed by atoms with Gasteiger partial charge in [0.15, 0.2) is 15.7 Å². The minimum atomic E-state index is -3.74. The predicted octanol–water partition coefficient (Wildman–Crippen LogP) is 1.66. The van der Waals surface area contributed by atoms with Gasteiger partial charge in [0.25, 0.3) is 0 Å². The number of carbonyl (C=O) groups is 1. The fourth-order valence-corrected chi connectivity index (χ4v) is 3.98. The molecule has 0 saturated carbocycles. The number of rotatable bonds is 4. The zero-order valence-corrected chi connectivity index (χ0v) is 14.4. The van der Waals surface area contributed by atoms with Gasteiger partial charge in [-0.2, -0.15) is 4.98 Å². The molecule has 0 fully saturated rings. The lowest BCUT2D eigenvalue weighted by molar-refractivity contribution is -0.118. The Morgan fingerprint density at radius 3 is 2.83 bits per heavy atom. The number of para-hydroxylation sites is 1. The van der Waals surface area contributed by atoms with E-state index in [0.717, 1.165) is 24.1 Å². The molecular weight excluding hydrogens is 330 g/mol. The van der Waals surface area contributed by atoms with Crippen LogP contribution in [0.15, 0.2) is 28.8 Å². The minimum Gasteiger partial charge on any atom is -0.338 e. The van der Waals surface area contributed by atoms with Crippen molar-refractivity contribution < 1.29 is 17.7 Å². The highest BCUT2D eigenvalue weighted by Gasteiger charge is 2.35. The second-order valence-corrected chi connectivity index (χ2v) is 8.23. The first-order valence-electron chi connectivity index (χ1n) is 7.78. The van der Waals surface area contributed by atoms with Crippen molar-refractivity contribution in [2.45, 2.75) is 37.7 Å². The molecule has 0 N–H and O–H groups in total. The molecule has 1 atom stereocenters. The molecule has 0 aliphatic carbocycles. The monoisotopic (exact) mass is 349 g/mol. The van der Waals surface area contributed by atoms with Crippen molar-refractivity contribution in [2.24, 2.45) is 0 Å². The highest BCUT2D eigenvalue weighted by Crippen LogP contribution is 2.28. The lowest BCUT2D eigenvalue weighted by atomic mass is 10.0. The number of hydrogen-bond acceptors (Lipinski definition) is 6. The lowest BCUT2D eigenvalue weighted by Crippen LogP contribution is -2.44. The Bertz CT molecular complexity index is 860. The number of carbonyl (C=O) groups excluding carboxylic acids is 1. The highest BCUT2D eigenvalue weighted by molar-refractivity contribution is 7.92. The predicted molar refractivity (Wildman–Crippen MR) is 88.2 cm³/mol. The normalized spacial score (nSPS) is 15.8. The summed E-state index contributed by atoms with van der Waals surface area (Å²) in [4.78, 5) is 18.3. The molecule has 0 saturated heterocycles. The molecule has 128 valence electrons. The summed E-state index contributed by atoms with van der Waals surface area (Å²) in [5.74, 6) is -0.482. The number of hydrogen-bond donors (Lipinski definition) is 0. The van der Waals surface area contributed by atoms with Crippen LogP contribution in [0.25, 0.3) is 0 Å². The van der Waals surface area contributed by atoms with E-state index in [1.807, 2.05) is 24.3 Å². The topological polar surface area (TPSA) is 93.4 Å².